The lowest BCUT2D eigenvalue weighted by Crippen LogP contribution is -2.24. The number of hydrogen-bond donors (Lipinski definition) is 2. The standard InChI is InChI=1S/C13H14F3N7O/c1-6-5-9(17-4-3-8-7(2)20-21-10(8)24)23-12(18-6)19-11(22-23)13(14,15)16/h5,8,17H,3-4H2,1-2H3,(H,21,24). The average molecular weight is 341 g/mol. The van der Waals surface area contributed by atoms with Gasteiger partial charge in [-0.3, -0.25) is 4.79 Å². The molecule has 1 aliphatic rings. The molecule has 2 aromatic rings. The van der Waals surface area contributed by atoms with Crippen molar-refractivity contribution in [1.82, 2.24) is 25.0 Å². The lowest BCUT2D eigenvalue weighted by molar-refractivity contribution is -0.144. The number of aromatic nitrogens is 4. The summed E-state index contributed by atoms with van der Waals surface area (Å²) in [4.78, 5) is 18.9. The van der Waals surface area contributed by atoms with Crippen LogP contribution >= 0.6 is 0 Å². The molecule has 11 heteroatoms. The Balaban J connectivity index is 1.80. The summed E-state index contributed by atoms with van der Waals surface area (Å²) in [5.74, 6) is -1.60. The summed E-state index contributed by atoms with van der Waals surface area (Å²) in [5, 5.41) is 10.3. The Kier molecular flexibility index (Phi) is 3.85. The van der Waals surface area contributed by atoms with E-state index in [0.29, 0.717) is 30.2 Å². The second kappa shape index (κ2) is 5.73. The Bertz CT molecular complexity index is 827. The van der Waals surface area contributed by atoms with Gasteiger partial charge in [0.15, 0.2) is 0 Å². The Hall–Kier alpha value is -2.72. The van der Waals surface area contributed by atoms with Crippen LogP contribution in [0.15, 0.2) is 11.2 Å². The summed E-state index contributed by atoms with van der Waals surface area (Å²) >= 11 is 0. The molecule has 0 aromatic carbocycles. The second-order valence-corrected chi connectivity index (χ2v) is 5.43. The molecule has 2 N–H and O–H groups in total. The van der Waals surface area contributed by atoms with Gasteiger partial charge in [-0.15, -0.1) is 5.10 Å². The molecule has 8 nitrogen and oxygen atoms in total. The van der Waals surface area contributed by atoms with Gasteiger partial charge in [-0.2, -0.15) is 27.8 Å². The van der Waals surface area contributed by atoms with Crippen LogP contribution in [0.25, 0.3) is 5.78 Å². The van der Waals surface area contributed by atoms with Crippen molar-refractivity contribution in [2.24, 2.45) is 11.0 Å². The van der Waals surface area contributed by atoms with Gasteiger partial charge in [0, 0.05) is 24.0 Å². The summed E-state index contributed by atoms with van der Waals surface area (Å²) in [5.41, 5.74) is 3.57. The summed E-state index contributed by atoms with van der Waals surface area (Å²) in [6, 6.07) is 1.57. The zero-order valence-electron chi connectivity index (χ0n) is 12.8. The first-order chi connectivity index (χ1) is 11.3. The Morgan fingerprint density at radius 3 is 2.71 bits per heavy atom. The van der Waals surface area contributed by atoms with E-state index in [4.69, 9.17) is 0 Å². The Labute approximate surface area is 134 Å². The fraction of sp³-hybridized carbons (Fsp3) is 0.462. The molecule has 0 spiro atoms. The van der Waals surface area contributed by atoms with Gasteiger partial charge in [-0.1, -0.05) is 0 Å². The maximum absolute atomic E-state index is 12.8. The van der Waals surface area contributed by atoms with E-state index in [2.05, 4.69) is 30.9 Å². The van der Waals surface area contributed by atoms with E-state index in [9.17, 15) is 18.0 Å². The number of carbonyl (C=O) groups excluding carboxylic acids is 1. The number of halogens is 3. The van der Waals surface area contributed by atoms with E-state index in [0.717, 1.165) is 4.52 Å². The molecule has 3 heterocycles. The normalized spacial score (nSPS) is 18.0. The number of aryl methyl sites for hydroxylation is 1. The minimum Gasteiger partial charge on any atom is -0.370 e. The van der Waals surface area contributed by atoms with Crippen LogP contribution in [0.5, 0.6) is 0 Å². The van der Waals surface area contributed by atoms with Crippen LogP contribution in [0.3, 0.4) is 0 Å². The highest BCUT2D eigenvalue weighted by atomic mass is 19.4. The largest absolute Gasteiger partial charge is 0.453 e. The number of rotatable bonds is 4. The molecule has 0 radical (unpaired) electrons. The van der Waals surface area contributed by atoms with Crippen LogP contribution in [0.4, 0.5) is 19.0 Å². The lowest BCUT2D eigenvalue weighted by atomic mass is 10.0. The maximum atomic E-state index is 12.8. The molecule has 0 fully saturated rings. The zero-order chi connectivity index (χ0) is 17.5. The highest BCUT2D eigenvalue weighted by Crippen LogP contribution is 2.27. The molecule has 0 bridgehead atoms. The van der Waals surface area contributed by atoms with Crippen LogP contribution in [0.2, 0.25) is 0 Å². The smallest absolute Gasteiger partial charge is 0.370 e. The van der Waals surface area contributed by atoms with E-state index in [1.165, 1.54) is 0 Å². The summed E-state index contributed by atoms with van der Waals surface area (Å²) in [7, 11) is 0. The van der Waals surface area contributed by atoms with Crippen molar-refractivity contribution in [2.45, 2.75) is 26.4 Å². The average Bonchev–Trinajstić information content (AvgIpc) is 3.04. The van der Waals surface area contributed by atoms with Gasteiger partial charge in [0.05, 0.1) is 5.92 Å². The number of anilines is 1. The van der Waals surface area contributed by atoms with E-state index in [1.54, 1.807) is 19.9 Å². The molecular weight excluding hydrogens is 327 g/mol. The molecule has 1 amide bonds. The number of alkyl halides is 3. The minimum atomic E-state index is -4.64. The fourth-order valence-corrected chi connectivity index (χ4v) is 2.41. The number of amides is 1. The summed E-state index contributed by atoms with van der Waals surface area (Å²) in [6.45, 7) is 3.74. The SMILES string of the molecule is CC1=NNC(=O)C1CCNc1cc(C)nc2nc(C(F)(F)F)nn12. The van der Waals surface area contributed by atoms with Gasteiger partial charge in [0.25, 0.3) is 11.6 Å². The maximum Gasteiger partial charge on any atom is 0.453 e. The number of nitrogens with zero attached hydrogens (tertiary/aromatic N) is 5. The third-order valence-electron chi connectivity index (χ3n) is 3.60. The highest BCUT2D eigenvalue weighted by molar-refractivity contribution is 6.06. The van der Waals surface area contributed by atoms with Crippen LogP contribution in [-0.2, 0) is 11.0 Å². The predicted octanol–water partition coefficient (Wildman–Crippen LogP) is 1.38. The first kappa shape index (κ1) is 16.1. The van der Waals surface area contributed by atoms with E-state index < -0.39 is 12.0 Å². The molecule has 1 atom stereocenters. The van der Waals surface area contributed by atoms with Gasteiger partial charge in [0.1, 0.15) is 5.82 Å². The molecule has 1 aliphatic heterocycles. The zero-order valence-corrected chi connectivity index (χ0v) is 12.8. The second-order valence-electron chi connectivity index (χ2n) is 5.43. The van der Waals surface area contributed by atoms with Crippen LogP contribution in [0, 0.1) is 12.8 Å². The summed E-state index contributed by atoms with van der Waals surface area (Å²) in [6.07, 6.45) is -4.20. The Morgan fingerprint density at radius 1 is 1.33 bits per heavy atom. The summed E-state index contributed by atoms with van der Waals surface area (Å²) < 4.78 is 39.3. The lowest BCUT2D eigenvalue weighted by Gasteiger charge is -2.11. The molecule has 128 valence electrons. The fourth-order valence-electron chi connectivity index (χ4n) is 2.41. The number of hydrazone groups is 1. The van der Waals surface area contributed by atoms with Crippen molar-refractivity contribution >= 4 is 23.2 Å². The Morgan fingerprint density at radius 2 is 2.08 bits per heavy atom. The molecule has 24 heavy (non-hydrogen) atoms. The van der Waals surface area contributed by atoms with Crippen LogP contribution in [0.1, 0.15) is 24.9 Å². The molecule has 2 aromatic heterocycles. The van der Waals surface area contributed by atoms with Crippen molar-refractivity contribution in [3.8, 4) is 0 Å². The first-order valence-electron chi connectivity index (χ1n) is 7.15. The van der Waals surface area contributed by atoms with Gasteiger partial charge >= 0.3 is 6.18 Å². The van der Waals surface area contributed by atoms with Crippen molar-refractivity contribution in [2.75, 3.05) is 11.9 Å². The van der Waals surface area contributed by atoms with Gasteiger partial charge in [-0.25, -0.2) is 10.4 Å². The van der Waals surface area contributed by atoms with Crippen LogP contribution < -0.4 is 10.7 Å². The van der Waals surface area contributed by atoms with Gasteiger partial charge in [-0.05, 0) is 20.3 Å². The number of nitrogens with one attached hydrogen (secondary N) is 2. The molecular formula is C13H14F3N7O. The van der Waals surface area contributed by atoms with Crippen molar-refractivity contribution in [1.29, 1.82) is 0 Å². The highest BCUT2D eigenvalue weighted by Gasteiger charge is 2.37. The molecule has 3 rings (SSSR count). The topological polar surface area (TPSA) is 96.6 Å². The molecule has 0 aliphatic carbocycles. The van der Waals surface area contributed by atoms with Gasteiger partial charge < -0.3 is 5.32 Å². The predicted molar refractivity (Wildman–Crippen MR) is 78.4 cm³/mol. The molecule has 0 saturated carbocycles. The minimum absolute atomic E-state index is 0.138. The monoisotopic (exact) mass is 341 g/mol. The third kappa shape index (κ3) is 3.01. The van der Waals surface area contributed by atoms with E-state index >= 15 is 0 Å². The van der Waals surface area contributed by atoms with E-state index in [-0.39, 0.29) is 17.6 Å². The van der Waals surface area contributed by atoms with Crippen molar-refractivity contribution < 1.29 is 18.0 Å². The third-order valence-corrected chi connectivity index (χ3v) is 3.60. The first-order valence-corrected chi connectivity index (χ1v) is 7.15. The number of fused-ring (bicyclic) bond motifs is 1. The quantitative estimate of drug-likeness (QED) is 0.876. The van der Waals surface area contributed by atoms with Crippen molar-refractivity contribution in [3.05, 3.63) is 17.6 Å². The van der Waals surface area contributed by atoms with Gasteiger partial charge in [0.2, 0.25) is 5.91 Å². The molecule has 1 unspecified atom stereocenters. The van der Waals surface area contributed by atoms with Crippen LogP contribution in [-0.4, -0.2) is 37.7 Å². The van der Waals surface area contributed by atoms with E-state index in [1.807, 2.05) is 0 Å². The molecule has 0 saturated heterocycles. The number of hydrogen-bond acceptors (Lipinski definition) is 6. The van der Waals surface area contributed by atoms with Crippen molar-refractivity contribution in [3.63, 3.8) is 0 Å². The number of carbonyl (C=O) groups is 1.